The zero-order valence-electron chi connectivity index (χ0n) is 14.1. The molecule has 2 heterocycles. The van der Waals surface area contributed by atoms with Gasteiger partial charge in [0.25, 0.3) is 11.8 Å². The second-order valence-corrected chi connectivity index (χ2v) is 6.47. The molecule has 0 spiro atoms. The van der Waals surface area contributed by atoms with E-state index in [0.717, 1.165) is 23.5 Å². The first-order valence-electron chi connectivity index (χ1n) is 8.14. The predicted octanol–water partition coefficient (Wildman–Crippen LogP) is 2.69. The maximum absolute atomic E-state index is 12.4. The minimum Gasteiger partial charge on any atom is -0.368 e. The third kappa shape index (κ3) is 3.70. The Kier molecular flexibility index (Phi) is 5.11. The van der Waals surface area contributed by atoms with Crippen LogP contribution in [0.5, 0.6) is 0 Å². The Bertz CT molecular complexity index is 790. The molecule has 132 valence electrons. The van der Waals surface area contributed by atoms with Crippen molar-refractivity contribution in [2.24, 2.45) is 0 Å². The van der Waals surface area contributed by atoms with Gasteiger partial charge in [-0.05, 0) is 57.0 Å². The number of carbonyl (C=O) groups is 2. The number of benzene rings is 1. The van der Waals surface area contributed by atoms with Gasteiger partial charge in [-0.25, -0.2) is 0 Å². The van der Waals surface area contributed by atoms with Crippen LogP contribution in [0.4, 0.5) is 0 Å². The highest BCUT2D eigenvalue weighted by molar-refractivity contribution is 6.33. The van der Waals surface area contributed by atoms with Gasteiger partial charge < -0.3 is 9.30 Å². The van der Waals surface area contributed by atoms with Crippen molar-refractivity contribution in [1.29, 1.82) is 0 Å². The van der Waals surface area contributed by atoms with E-state index < -0.39 is 12.0 Å². The number of hydrazine groups is 1. The Balaban J connectivity index is 1.76. The van der Waals surface area contributed by atoms with Crippen molar-refractivity contribution in [3.05, 3.63) is 52.3 Å². The molecule has 3 rings (SSSR count). The van der Waals surface area contributed by atoms with E-state index in [9.17, 15) is 9.59 Å². The lowest BCUT2D eigenvalue weighted by molar-refractivity contribution is -0.130. The summed E-state index contributed by atoms with van der Waals surface area (Å²) in [6, 6.07) is 9.24. The molecule has 1 aromatic carbocycles. The first kappa shape index (κ1) is 17.5. The fraction of sp³-hybridized carbons (Fsp3) is 0.333. The summed E-state index contributed by atoms with van der Waals surface area (Å²) in [6.07, 6.45) is 0.992. The highest BCUT2D eigenvalue weighted by atomic mass is 35.5. The second-order valence-electron chi connectivity index (χ2n) is 6.06. The first-order valence-corrected chi connectivity index (χ1v) is 8.52. The molecule has 1 aliphatic heterocycles. The molecular weight excluding hydrogens is 342 g/mol. The second kappa shape index (κ2) is 7.29. The summed E-state index contributed by atoms with van der Waals surface area (Å²) in [4.78, 5) is 24.3. The summed E-state index contributed by atoms with van der Waals surface area (Å²) in [5, 5.41) is 0.315. The maximum Gasteiger partial charge on any atom is 0.271 e. The van der Waals surface area contributed by atoms with Gasteiger partial charge in [0.05, 0.1) is 10.6 Å². The van der Waals surface area contributed by atoms with E-state index in [0.29, 0.717) is 23.6 Å². The van der Waals surface area contributed by atoms with Crippen molar-refractivity contribution in [2.45, 2.75) is 32.8 Å². The minimum atomic E-state index is -0.507. The van der Waals surface area contributed by atoms with E-state index in [4.69, 9.17) is 16.3 Å². The summed E-state index contributed by atoms with van der Waals surface area (Å²) >= 11 is 6.17. The lowest BCUT2D eigenvalue weighted by Crippen LogP contribution is -2.46. The summed E-state index contributed by atoms with van der Waals surface area (Å²) in [5.41, 5.74) is 8.04. The fourth-order valence-corrected chi connectivity index (χ4v) is 3.16. The number of hydrogen-bond acceptors (Lipinski definition) is 3. The molecular formula is C18H20ClN3O3. The van der Waals surface area contributed by atoms with Gasteiger partial charge in [-0.1, -0.05) is 11.6 Å². The molecule has 1 aromatic heterocycles. The lowest BCUT2D eigenvalue weighted by Gasteiger charge is -2.14. The number of ether oxygens (including phenoxy) is 1. The maximum atomic E-state index is 12.4. The van der Waals surface area contributed by atoms with Gasteiger partial charge in [0.2, 0.25) is 0 Å². The number of aromatic nitrogens is 1. The largest absolute Gasteiger partial charge is 0.368 e. The zero-order valence-corrected chi connectivity index (χ0v) is 14.9. The number of aryl methyl sites for hydroxylation is 2. The van der Waals surface area contributed by atoms with Crippen LogP contribution >= 0.6 is 11.6 Å². The van der Waals surface area contributed by atoms with E-state index in [2.05, 4.69) is 10.9 Å². The average Bonchev–Trinajstić information content (AvgIpc) is 3.24. The normalized spacial score (nSPS) is 16.7. The predicted molar refractivity (Wildman–Crippen MR) is 94.8 cm³/mol. The number of nitrogens with one attached hydrogen (secondary N) is 2. The third-order valence-electron chi connectivity index (χ3n) is 4.25. The van der Waals surface area contributed by atoms with Crippen LogP contribution in [-0.4, -0.2) is 29.1 Å². The Hall–Kier alpha value is -2.31. The molecule has 1 aliphatic rings. The van der Waals surface area contributed by atoms with Crippen molar-refractivity contribution in [2.75, 3.05) is 6.61 Å². The molecule has 0 unspecified atom stereocenters. The summed E-state index contributed by atoms with van der Waals surface area (Å²) in [5.74, 6) is -0.823. The molecule has 0 bridgehead atoms. The number of rotatable bonds is 3. The van der Waals surface area contributed by atoms with Crippen molar-refractivity contribution in [3.63, 3.8) is 0 Å². The van der Waals surface area contributed by atoms with Crippen LogP contribution in [-0.2, 0) is 9.53 Å². The summed E-state index contributed by atoms with van der Waals surface area (Å²) < 4.78 is 7.30. The van der Waals surface area contributed by atoms with Gasteiger partial charge in [0.1, 0.15) is 6.10 Å². The Labute approximate surface area is 151 Å². The van der Waals surface area contributed by atoms with E-state index in [-0.39, 0.29) is 5.91 Å². The van der Waals surface area contributed by atoms with Gasteiger partial charge in [-0.2, -0.15) is 0 Å². The fourth-order valence-electron chi connectivity index (χ4n) is 2.95. The third-order valence-corrected chi connectivity index (χ3v) is 4.57. The molecule has 1 atom stereocenters. The molecule has 2 N–H and O–H groups in total. The molecule has 2 aromatic rings. The number of amides is 2. The van der Waals surface area contributed by atoms with E-state index >= 15 is 0 Å². The quantitative estimate of drug-likeness (QED) is 0.825. The topological polar surface area (TPSA) is 72.4 Å². The van der Waals surface area contributed by atoms with Gasteiger partial charge >= 0.3 is 0 Å². The highest BCUT2D eigenvalue weighted by Gasteiger charge is 2.24. The van der Waals surface area contributed by atoms with Crippen LogP contribution in [0.3, 0.4) is 0 Å². The molecule has 25 heavy (non-hydrogen) atoms. The van der Waals surface area contributed by atoms with Crippen molar-refractivity contribution in [1.82, 2.24) is 15.4 Å². The van der Waals surface area contributed by atoms with E-state index in [1.165, 1.54) is 0 Å². The summed E-state index contributed by atoms with van der Waals surface area (Å²) in [6.45, 7) is 4.54. The zero-order chi connectivity index (χ0) is 18.0. The number of halogens is 1. The Morgan fingerprint density at radius 3 is 2.52 bits per heavy atom. The van der Waals surface area contributed by atoms with Gasteiger partial charge in [-0.15, -0.1) is 0 Å². The number of nitrogens with zero attached hydrogens (tertiary/aromatic N) is 1. The number of carbonyl (C=O) groups excluding carboxylic acids is 2. The van der Waals surface area contributed by atoms with Crippen LogP contribution in [0.15, 0.2) is 30.3 Å². The first-order chi connectivity index (χ1) is 12.0. The van der Waals surface area contributed by atoms with Crippen LogP contribution in [0.1, 0.15) is 34.6 Å². The van der Waals surface area contributed by atoms with Gasteiger partial charge in [0, 0.05) is 23.7 Å². The molecule has 1 fully saturated rings. The van der Waals surface area contributed by atoms with Crippen LogP contribution in [0, 0.1) is 13.8 Å². The van der Waals surface area contributed by atoms with Crippen LogP contribution in [0.2, 0.25) is 5.02 Å². The SMILES string of the molecule is Cc1ccc(C)n1-c1ccc(Cl)c(C(=O)NNC(=O)[C@@H]2CCCO2)c1. The Morgan fingerprint density at radius 1 is 1.16 bits per heavy atom. The van der Waals surface area contributed by atoms with Crippen LogP contribution < -0.4 is 10.9 Å². The van der Waals surface area contributed by atoms with Crippen molar-refractivity contribution in [3.8, 4) is 5.69 Å². The monoisotopic (exact) mass is 361 g/mol. The molecule has 2 amide bonds. The minimum absolute atomic E-state index is 0.291. The summed E-state index contributed by atoms with van der Waals surface area (Å²) in [7, 11) is 0. The standard InChI is InChI=1S/C18H20ClN3O3/c1-11-5-6-12(2)22(11)13-7-8-15(19)14(10-13)17(23)20-21-18(24)16-4-3-9-25-16/h5-8,10,16H,3-4,9H2,1-2H3,(H,20,23)(H,21,24)/t16-/m0/s1. The smallest absolute Gasteiger partial charge is 0.271 e. The Morgan fingerprint density at radius 2 is 1.88 bits per heavy atom. The van der Waals surface area contributed by atoms with Crippen LogP contribution in [0.25, 0.3) is 5.69 Å². The average molecular weight is 362 g/mol. The van der Waals surface area contributed by atoms with Crippen molar-refractivity contribution >= 4 is 23.4 Å². The lowest BCUT2D eigenvalue weighted by atomic mass is 10.2. The molecule has 0 saturated carbocycles. The molecule has 0 radical (unpaired) electrons. The highest BCUT2D eigenvalue weighted by Crippen LogP contribution is 2.23. The molecule has 0 aliphatic carbocycles. The van der Waals surface area contributed by atoms with E-state index in [1.807, 2.05) is 36.6 Å². The van der Waals surface area contributed by atoms with Gasteiger partial charge in [-0.3, -0.25) is 20.4 Å². The molecule has 1 saturated heterocycles. The molecule has 6 nitrogen and oxygen atoms in total. The van der Waals surface area contributed by atoms with E-state index in [1.54, 1.807) is 12.1 Å². The van der Waals surface area contributed by atoms with Gasteiger partial charge in [0.15, 0.2) is 0 Å². The van der Waals surface area contributed by atoms with Crippen molar-refractivity contribution < 1.29 is 14.3 Å². The molecule has 7 heteroatoms. The number of hydrogen-bond donors (Lipinski definition) is 2.